The fraction of sp³-hybridized carbons (Fsp3) is 0.294. The van der Waals surface area contributed by atoms with Crippen LogP contribution in [0.3, 0.4) is 0 Å². The van der Waals surface area contributed by atoms with Crippen molar-refractivity contribution in [2.75, 3.05) is 13.6 Å². The molecule has 0 unspecified atom stereocenters. The third-order valence-electron chi connectivity index (χ3n) is 4.13. The first-order valence-electron chi connectivity index (χ1n) is 7.47. The molecule has 0 N–H and O–H groups in total. The van der Waals surface area contributed by atoms with Crippen molar-refractivity contribution in [3.05, 3.63) is 54.5 Å². The van der Waals surface area contributed by atoms with Gasteiger partial charge in [-0.15, -0.1) is 0 Å². The van der Waals surface area contributed by atoms with E-state index in [-0.39, 0.29) is 13.6 Å². The summed E-state index contributed by atoms with van der Waals surface area (Å²) in [5.41, 5.74) is 3.24. The molecule has 25 heavy (non-hydrogen) atoms. The minimum atomic E-state index is 0.168. The summed E-state index contributed by atoms with van der Waals surface area (Å²) in [6.45, 7) is 1.04. The van der Waals surface area contributed by atoms with E-state index in [1.54, 1.807) is 12.1 Å². The van der Waals surface area contributed by atoms with Crippen LogP contribution in [-0.2, 0) is 29.1 Å². The molecule has 0 fully saturated rings. The Bertz CT molecular complexity index is 784. The summed E-state index contributed by atoms with van der Waals surface area (Å²) in [4.78, 5) is 0. The van der Waals surface area contributed by atoms with E-state index in [0.717, 1.165) is 22.3 Å². The molecule has 2 aliphatic rings. The normalized spacial score (nSPS) is 15.8. The van der Waals surface area contributed by atoms with E-state index >= 15 is 0 Å². The lowest BCUT2D eigenvalue weighted by molar-refractivity contribution is -0.0176. The highest BCUT2D eigenvalue weighted by atomic mass is 35.5. The summed E-state index contributed by atoms with van der Waals surface area (Å²) in [6, 6.07) is 3.59. The molecular formula is C17H12Cl4O4. The van der Waals surface area contributed by atoms with Crippen LogP contribution in [-0.4, -0.2) is 13.6 Å². The Balaban J connectivity index is 1.82. The average Bonchev–Trinajstić information content (AvgIpc) is 2.64. The first-order valence-corrected chi connectivity index (χ1v) is 8.98. The topological polar surface area (TPSA) is 36.9 Å². The summed E-state index contributed by atoms with van der Waals surface area (Å²) in [7, 11) is 0. The Morgan fingerprint density at radius 3 is 1.60 bits per heavy atom. The first-order chi connectivity index (χ1) is 12.1. The van der Waals surface area contributed by atoms with Gasteiger partial charge in [0.15, 0.2) is 13.6 Å². The Labute approximate surface area is 164 Å². The Hall–Kier alpha value is -0.880. The third-order valence-corrected chi connectivity index (χ3v) is 5.78. The van der Waals surface area contributed by atoms with Gasteiger partial charge in [0.2, 0.25) is 0 Å². The number of halogens is 4. The van der Waals surface area contributed by atoms with Crippen LogP contribution in [0.15, 0.2) is 12.1 Å². The summed E-state index contributed by atoms with van der Waals surface area (Å²) in [5, 5.41) is 1.78. The number of fused-ring (bicyclic) bond motifs is 2. The maximum Gasteiger partial charge on any atom is 0.189 e. The van der Waals surface area contributed by atoms with Gasteiger partial charge in [-0.1, -0.05) is 46.4 Å². The number of hydrogen-bond donors (Lipinski definition) is 0. The van der Waals surface area contributed by atoms with Crippen molar-refractivity contribution in [3.63, 3.8) is 0 Å². The summed E-state index contributed by atoms with van der Waals surface area (Å²) in [6.07, 6.45) is 0.498. The first kappa shape index (κ1) is 17.5. The van der Waals surface area contributed by atoms with Crippen molar-refractivity contribution in [2.45, 2.75) is 19.6 Å². The molecule has 4 nitrogen and oxygen atoms in total. The average molecular weight is 422 g/mol. The van der Waals surface area contributed by atoms with Gasteiger partial charge in [0.25, 0.3) is 0 Å². The molecule has 8 heteroatoms. The summed E-state index contributed by atoms with van der Waals surface area (Å²) in [5.74, 6) is 1.38. The van der Waals surface area contributed by atoms with Crippen LogP contribution in [0.2, 0.25) is 20.1 Å². The predicted molar refractivity (Wildman–Crippen MR) is 96.3 cm³/mol. The Kier molecular flexibility index (Phi) is 4.93. The Morgan fingerprint density at radius 1 is 0.720 bits per heavy atom. The molecule has 2 aliphatic heterocycles. The molecule has 0 aromatic heterocycles. The highest BCUT2D eigenvalue weighted by molar-refractivity contribution is 6.43. The summed E-state index contributed by atoms with van der Waals surface area (Å²) >= 11 is 25.1. The molecule has 0 saturated heterocycles. The maximum atomic E-state index is 6.28. The van der Waals surface area contributed by atoms with E-state index < -0.39 is 0 Å². The number of hydrogen-bond acceptors (Lipinski definition) is 4. The van der Waals surface area contributed by atoms with Crippen LogP contribution >= 0.6 is 46.4 Å². The molecule has 4 rings (SSSR count). The molecule has 0 bridgehead atoms. The van der Waals surface area contributed by atoms with E-state index in [9.17, 15) is 0 Å². The van der Waals surface area contributed by atoms with Crippen molar-refractivity contribution >= 4 is 46.4 Å². The van der Waals surface area contributed by atoms with Crippen molar-refractivity contribution in [3.8, 4) is 11.5 Å². The molecule has 2 aromatic carbocycles. The monoisotopic (exact) mass is 420 g/mol. The van der Waals surface area contributed by atoms with Gasteiger partial charge in [-0.05, 0) is 12.1 Å². The SMILES string of the molecule is Clc1cc(Cc2cc(Cl)c(Cl)c3c2OCOC3)c2c(c1Cl)COCO2. The standard InChI is InChI=1S/C17H12Cl4O4/c18-12-2-8(16-10(14(12)20)4-22-6-24-16)1-9-3-13(19)15(21)11-5-23-7-25-17(9)11/h2-3H,1,4-7H2. The van der Waals surface area contributed by atoms with Gasteiger partial charge >= 0.3 is 0 Å². The fourth-order valence-corrected chi connectivity index (χ4v) is 3.89. The van der Waals surface area contributed by atoms with Crippen LogP contribution in [0.25, 0.3) is 0 Å². The minimum Gasteiger partial charge on any atom is -0.467 e. The molecule has 132 valence electrons. The minimum absolute atomic E-state index is 0.168. The number of rotatable bonds is 2. The van der Waals surface area contributed by atoms with Gasteiger partial charge in [0.1, 0.15) is 11.5 Å². The predicted octanol–water partition coefficient (Wildman–Crippen LogP) is 5.62. The second kappa shape index (κ2) is 7.03. The van der Waals surface area contributed by atoms with E-state index in [1.165, 1.54) is 0 Å². The van der Waals surface area contributed by atoms with Crippen LogP contribution < -0.4 is 9.47 Å². The second-order valence-electron chi connectivity index (χ2n) is 5.68. The highest BCUT2D eigenvalue weighted by Gasteiger charge is 2.25. The molecule has 2 aromatic rings. The fourth-order valence-electron chi connectivity index (χ4n) is 3.01. The zero-order chi connectivity index (χ0) is 17.6. The van der Waals surface area contributed by atoms with Crippen molar-refractivity contribution in [1.29, 1.82) is 0 Å². The van der Waals surface area contributed by atoms with Crippen LogP contribution in [0.5, 0.6) is 11.5 Å². The molecule has 0 spiro atoms. The molecule has 0 atom stereocenters. The second-order valence-corrected chi connectivity index (χ2v) is 7.25. The highest BCUT2D eigenvalue weighted by Crippen LogP contribution is 2.43. The van der Waals surface area contributed by atoms with E-state index in [2.05, 4.69) is 0 Å². The summed E-state index contributed by atoms with van der Waals surface area (Å²) < 4.78 is 22.0. The lowest BCUT2D eigenvalue weighted by Gasteiger charge is -2.25. The van der Waals surface area contributed by atoms with E-state index in [0.29, 0.717) is 51.2 Å². The molecule has 0 amide bonds. The van der Waals surface area contributed by atoms with Crippen LogP contribution in [0.1, 0.15) is 22.3 Å². The molecule has 0 aliphatic carbocycles. The zero-order valence-electron chi connectivity index (χ0n) is 12.8. The van der Waals surface area contributed by atoms with Crippen molar-refractivity contribution in [1.82, 2.24) is 0 Å². The number of benzene rings is 2. The molecular weight excluding hydrogens is 410 g/mol. The Morgan fingerprint density at radius 2 is 1.16 bits per heavy atom. The van der Waals surface area contributed by atoms with Crippen LogP contribution in [0.4, 0.5) is 0 Å². The third kappa shape index (κ3) is 3.16. The molecule has 2 heterocycles. The van der Waals surface area contributed by atoms with E-state index in [1.807, 2.05) is 0 Å². The van der Waals surface area contributed by atoms with Crippen molar-refractivity contribution in [2.24, 2.45) is 0 Å². The van der Waals surface area contributed by atoms with Crippen LogP contribution in [0, 0.1) is 0 Å². The smallest absolute Gasteiger partial charge is 0.189 e. The number of ether oxygens (including phenoxy) is 4. The quantitative estimate of drug-likeness (QED) is 0.630. The van der Waals surface area contributed by atoms with E-state index in [4.69, 9.17) is 65.4 Å². The van der Waals surface area contributed by atoms with Crippen molar-refractivity contribution < 1.29 is 18.9 Å². The molecule has 0 saturated carbocycles. The van der Waals surface area contributed by atoms with Gasteiger partial charge in [-0.3, -0.25) is 0 Å². The van der Waals surface area contributed by atoms with Gasteiger partial charge in [0, 0.05) is 28.7 Å². The molecule has 0 radical (unpaired) electrons. The maximum absolute atomic E-state index is 6.28. The zero-order valence-corrected chi connectivity index (χ0v) is 15.9. The lowest BCUT2D eigenvalue weighted by atomic mass is 9.98. The largest absolute Gasteiger partial charge is 0.467 e. The lowest BCUT2D eigenvalue weighted by Crippen LogP contribution is -2.16. The van der Waals surface area contributed by atoms with Gasteiger partial charge < -0.3 is 18.9 Å². The van der Waals surface area contributed by atoms with Gasteiger partial charge in [-0.25, -0.2) is 0 Å². The van der Waals surface area contributed by atoms with Gasteiger partial charge in [0.05, 0.1) is 33.3 Å². The van der Waals surface area contributed by atoms with Gasteiger partial charge in [-0.2, -0.15) is 0 Å².